The van der Waals surface area contributed by atoms with Gasteiger partial charge in [0.25, 0.3) is 5.89 Å². The lowest BCUT2D eigenvalue weighted by atomic mass is 10.2. The van der Waals surface area contributed by atoms with Crippen molar-refractivity contribution < 1.29 is 9.26 Å². The van der Waals surface area contributed by atoms with Crippen molar-refractivity contribution >= 4 is 10.9 Å². The molecule has 0 spiro atoms. The first-order valence-corrected chi connectivity index (χ1v) is 6.92. The van der Waals surface area contributed by atoms with E-state index < -0.39 is 0 Å². The lowest BCUT2D eigenvalue weighted by molar-refractivity contribution is 0.00755. The fraction of sp³-hybridized carbons (Fsp3) is 0.267. The first-order valence-electron chi connectivity index (χ1n) is 6.92. The lowest BCUT2D eigenvalue weighted by Crippen LogP contribution is -2.33. The zero-order valence-corrected chi connectivity index (χ0v) is 11.3. The van der Waals surface area contributed by atoms with Gasteiger partial charge in [-0.25, -0.2) is 4.98 Å². The van der Waals surface area contributed by atoms with E-state index in [2.05, 4.69) is 20.4 Å². The van der Waals surface area contributed by atoms with Gasteiger partial charge in [-0.05, 0) is 12.1 Å². The van der Waals surface area contributed by atoms with Crippen LogP contribution in [0, 0.1) is 0 Å². The van der Waals surface area contributed by atoms with Crippen molar-refractivity contribution in [2.24, 2.45) is 0 Å². The van der Waals surface area contributed by atoms with Gasteiger partial charge < -0.3 is 14.6 Å². The molecule has 0 amide bonds. The van der Waals surface area contributed by atoms with E-state index in [9.17, 15) is 0 Å². The number of benzene rings is 1. The quantitative estimate of drug-likeness (QED) is 0.774. The van der Waals surface area contributed by atoms with Crippen molar-refractivity contribution in [2.75, 3.05) is 19.7 Å². The summed E-state index contributed by atoms with van der Waals surface area (Å²) in [5.74, 6) is 0.983. The molecule has 0 bridgehead atoms. The Morgan fingerprint density at radius 2 is 2.05 bits per heavy atom. The summed E-state index contributed by atoms with van der Waals surface area (Å²) in [5, 5.41) is 8.34. The molecule has 3 heterocycles. The molecule has 3 aromatic rings. The minimum absolute atomic E-state index is 0.180. The number of rotatable bonds is 2. The van der Waals surface area contributed by atoms with Gasteiger partial charge in [-0.1, -0.05) is 29.4 Å². The third kappa shape index (κ3) is 2.39. The molecule has 21 heavy (non-hydrogen) atoms. The molecule has 6 heteroatoms. The molecule has 1 atom stereocenters. The van der Waals surface area contributed by atoms with Crippen LogP contribution in [-0.2, 0) is 4.74 Å². The van der Waals surface area contributed by atoms with Crippen LogP contribution in [-0.4, -0.2) is 34.8 Å². The van der Waals surface area contributed by atoms with Crippen molar-refractivity contribution in [3.63, 3.8) is 0 Å². The number of ether oxygens (including phenoxy) is 1. The summed E-state index contributed by atoms with van der Waals surface area (Å²) >= 11 is 0. The molecular formula is C15H14N4O2. The molecule has 6 nitrogen and oxygen atoms in total. The Morgan fingerprint density at radius 3 is 2.95 bits per heavy atom. The SMILES string of the molecule is c1ccc2nc(-c3noc(C4CNCCO4)n3)ccc2c1. The number of para-hydroxylation sites is 1. The van der Waals surface area contributed by atoms with Crippen LogP contribution in [0.25, 0.3) is 22.4 Å². The molecule has 106 valence electrons. The zero-order chi connectivity index (χ0) is 14.1. The largest absolute Gasteiger partial charge is 0.366 e. The van der Waals surface area contributed by atoms with E-state index in [-0.39, 0.29) is 6.10 Å². The van der Waals surface area contributed by atoms with Crippen LogP contribution in [0.3, 0.4) is 0 Å². The number of nitrogens with zero attached hydrogens (tertiary/aromatic N) is 3. The molecule has 1 N–H and O–H groups in total. The second kappa shape index (κ2) is 5.23. The summed E-state index contributed by atoms with van der Waals surface area (Å²) in [6.45, 7) is 2.19. The second-order valence-electron chi connectivity index (χ2n) is 4.91. The molecule has 1 aliphatic heterocycles. The number of hydrogen-bond acceptors (Lipinski definition) is 6. The second-order valence-corrected chi connectivity index (χ2v) is 4.91. The summed E-state index contributed by atoms with van der Waals surface area (Å²) in [7, 11) is 0. The predicted molar refractivity (Wildman–Crippen MR) is 76.6 cm³/mol. The Labute approximate surface area is 121 Å². The average molecular weight is 282 g/mol. The summed E-state index contributed by atoms with van der Waals surface area (Å²) < 4.78 is 10.9. The molecule has 0 aliphatic carbocycles. The van der Waals surface area contributed by atoms with Crippen molar-refractivity contribution in [1.82, 2.24) is 20.4 Å². The highest BCUT2D eigenvalue weighted by Crippen LogP contribution is 2.22. The van der Waals surface area contributed by atoms with Crippen LogP contribution in [0.5, 0.6) is 0 Å². The molecule has 0 saturated carbocycles. The lowest BCUT2D eigenvalue weighted by Gasteiger charge is -2.19. The van der Waals surface area contributed by atoms with Crippen LogP contribution in [0.15, 0.2) is 40.9 Å². The van der Waals surface area contributed by atoms with E-state index in [1.54, 1.807) is 0 Å². The highest BCUT2D eigenvalue weighted by molar-refractivity contribution is 5.80. The molecule has 1 aromatic carbocycles. The number of nitrogens with one attached hydrogen (secondary N) is 1. The van der Waals surface area contributed by atoms with Crippen molar-refractivity contribution in [2.45, 2.75) is 6.10 Å². The van der Waals surface area contributed by atoms with Crippen molar-refractivity contribution in [3.8, 4) is 11.5 Å². The highest BCUT2D eigenvalue weighted by atomic mass is 16.5. The number of aromatic nitrogens is 3. The van der Waals surface area contributed by atoms with Gasteiger partial charge in [0.15, 0.2) is 0 Å². The molecule has 1 unspecified atom stereocenters. The number of pyridine rings is 1. The third-order valence-corrected chi connectivity index (χ3v) is 3.47. The van der Waals surface area contributed by atoms with Crippen molar-refractivity contribution in [1.29, 1.82) is 0 Å². The van der Waals surface area contributed by atoms with Gasteiger partial charge in [0.05, 0.1) is 12.1 Å². The third-order valence-electron chi connectivity index (χ3n) is 3.47. The predicted octanol–water partition coefficient (Wildman–Crippen LogP) is 1.95. The molecule has 1 aliphatic rings. The van der Waals surface area contributed by atoms with Crippen LogP contribution >= 0.6 is 0 Å². The number of fused-ring (bicyclic) bond motifs is 1. The van der Waals surface area contributed by atoms with E-state index in [0.29, 0.717) is 30.6 Å². The maximum Gasteiger partial charge on any atom is 0.257 e. The molecule has 2 aromatic heterocycles. The molecule has 1 saturated heterocycles. The van der Waals surface area contributed by atoms with Gasteiger partial charge in [0, 0.05) is 18.5 Å². The Balaban J connectivity index is 1.67. The normalized spacial score (nSPS) is 19.0. The molecule has 0 radical (unpaired) electrons. The minimum Gasteiger partial charge on any atom is -0.366 e. The van der Waals surface area contributed by atoms with E-state index in [1.165, 1.54) is 0 Å². The standard InChI is InChI=1S/C15H14N4O2/c1-2-4-11-10(3-1)5-6-12(17-11)14-18-15(21-19-14)13-9-16-7-8-20-13/h1-6,13,16H,7-9H2. The van der Waals surface area contributed by atoms with E-state index in [4.69, 9.17) is 9.26 Å². The maximum atomic E-state index is 5.60. The molecule has 4 rings (SSSR count). The highest BCUT2D eigenvalue weighted by Gasteiger charge is 2.22. The van der Waals surface area contributed by atoms with E-state index in [1.807, 2.05) is 36.4 Å². The zero-order valence-electron chi connectivity index (χ0n) is 11.3. The Morgan fingerprint density at radius 1 is 1.10 bits per heavy atom. The Hall–Kier alpha value is -2.31. The van der Waals surface area contributed by atoms with E-state index >= 15 is 0 Å². The van der Waals surface area contributed by atoms with Gasteiger partial charge in [0.2, 0.25) is 5.82 Å². The van der Waals surface area contributed by atoms with Gasteiger partial charge in [-0.3, -0.25) is 0 Å². The minimum atomic E-state index is -0.180. The monoisotopic (exact) mass is 282 g/mol. The van der Waals surface area contributed by atoms with Crippen LogP contribution in [0.2, 0.25) is 0 Å². The fourth-order valence-corrected chi connectivity index (χ4v) is 2.38. The molecule has 1 fully saturated rings. The smallest absolute Gasteiger partial charge is 0.257 e. The Kier molecular flexibility index (Phi) is 3.10. The fourth-order valence-electron chi connectivity index (χ4n) is 2.38. The van der Waals surface area contributed by atoms with Gasteiger partial charge in [-0.15, -0.1) is 0 Å². The van der Waals surface area contributed by atoms with Crippen molar-refractivity contribution in [3.05, 3.63) is 42.3 Å². The summed E-state index contributed by atoms with van der Waals surface area (Å²) in [6, 6.07) is 11.8. The average Bonchev–Trinajstić information content (AvgIpc) is 3.05. The summed E-state index contributed by atoms with van der Waals surface area (Å²) in [5.41, 5.74) is 1.62. The van der Waals surface area contributed by atoms with Gasteiger partial charge >= 0.3 is 0 Å². The van der Waals surface area contributed by atoms with E-state index in [0.717, 1.165) is 17.4 Å². The number of hydrogen-bond donors (Lipinski definition) is 1. The van der Waals surface area contributed by atoms with Gasteiger partial charge in [0.1, 0.15) is 11.8 Å². The van der Waals surface area contributed by atoms with Gasteiger partial charge in [-0.2, -0.15) is 4.98 Å². The summed E-state index contributed by atoms with van der Waals surface area (Å²) in [4.78, 5) is 8.97. The first kappa shape index (κ1) is 12.4. The Bertz CT molecular complexity index is 765. The van der Waals surface area contributed by atoms with Crippen LogP contribution in [0.1, 0.15) is 12.0 Å². The summed E-state index contributed by atoms with van der Waals surface area (Å²) in [6.07, 6.45) is -0.180. The number of morpholine rings is 1. The maximum absolute atomic E-state index is 5.60. The van der Waals surface area contributed by atoms with Crippen LogP contribution in [0.4, 0.5) is 0 Å². The first-order chi connectivity index (χ1) is 10.4. The van der Waals surface area contributed by atoms with Crippen LogP contribution < -0.4 is 5.32 Å². The molecular weight excluding hydrogens is 268 g/mol. The topological polar surface area (TPSA) is 73.1 Å².